The molecule has 192 valence electrons. The highest BCUT2D eigenvalue weighted by Gasteiger charge is 2.46. The molecule has 0 aliphatic carbocycles. The summed E-state index contributed by atoms with van der Waals surface area (Å²) in [5.74, 6) is -2.22. The van der Waals surface area contributed by atoms with Crippen LogP contribution in [0.25, 0.3) is 5.76 Å². The molecule has 2 aliphatic heterocycles. The number of Topliss-reactive ketones (excluding diaryl/α,β-unsaturated/α-hetero) is 1. The quantitative estimate of drug-likeness (QED) is 0.263. The predicted molar refractivity (Wildman–Crippen MR) is 134 cm³/mol. The molecule has 0 radical (unpaired) electrons. The molecule has 0 spiro atoms. The van der Waals surface area contributed by atoms with E-state index in [0.717, 1.165) is 24.2 Å². The van der Waals surface area contributed by atoms with Gasteiger partial charge in [0.25, 0.3) is 11.7 Å². The third-order valence-corrected chi connectivity index (χ3v) is 6.85. The van der Waals surface area contributed by atoms with Crippen molar-refractivity contribution in [2.75, 3.05) is 46.0 Å². The first kappa shape index (κ1) is 25.7. The zero-order chi connectivity index (χ0) is 26.0. The maximum absolute atomic E-state index is 13.4. The average Bonchev–Trinajstić information content (AvgIpc) is 3.30. The van der Waals surface area contributed by atoms with Gasteiger partial charge in [0.05, 0.1) is 31.4 Å². The van der Waals surface area contributed by atoms with Crippen LogP contribution < -0.4 is 0 Å². The second-order valence-electron chi connectivity index (χ2n) is 9.20. The number of aromatic nitrogens is 1. The Balaban J connectivity index is 1.78. The fourth-order valence-electron chi connectivity index (χ4n) is 4.93. The molecule has 1 unspecified atom stereocenters. The number of nitrogens with one attached hydrogen (secondary N) is 1. The van der Waals surface area contributed by atoms with Crippen molar-refractivity contribution in [3.63, 3.8) is 0 Å². The van der Waals surface area contributed by atoms with Gasteiger partial charge in [-0.05, 0) is 38.8 Å². The topological polar surface area (TPSA) is 112 Å². The van der Waals surface area contributed by atoms with Gasteiger partial charge >= 0.3 is 5.97 Å². The number of nitrogens with zero attached hydrogens (tertiary/aromatic N) is 2. The van der Waals surface area contributed by atoms with Gasteiger partial charge in [0.1, 0.15) is 11.5 Å². The number of H-pyrrole nitrogens is 1. The number of amides is 1. The minimum Gasteiger partial charge on any atom is -0.507 e. The number of hydrogen-bond acceptors (Lipinski definition) is 7. The Bertz CT molecular complexity index is 1190. The fraction of sp³-hybridized carbons (Fsp3) is 0.444. The molecule has 2 saturated heterocycles. The number of aryl methyl sites for hydroxylation is 2. The standard InChI is InChI=1S/C27H33N3O6/c1-5-36-27(34)22-17(3)20(18(4)28-22)24(31)21-23(19-8-6-16(2)7-9-19)30(26(33)25(21)32)11-10-29-12-14-35-15-13-29/h6-9,23,28,31H,5,10-15H2,1-4H3. The van der Waals surface area contributed by atoms with Crippen molar-refractivity contribution in [3.05, 3.63) is 63.5 Å². The summed E-state index contributed by atoms with van der Waals surface area (Å²) in [6.45, 7) is 11.0. The van der Waals surface area contributed by atoms with E-state index in [2.05, 4.69) is 9.88 Å². The van der Waals surface area contributed by atoms with Gasteiger partial charge in [0, 0.05) is 37.4 Å². The highest BCUT2D eigenvalue weighted by atomic mass is 16.5. The lowest BCUT2D eigenvalue weighted by Gasteiger charge is -2.31. The van der Waals surface area contributed by atoms with E-state index in [0.29, 0.717) is 43.1 Å². The number of benzene rings is 1. The van der Waals surface area contributed by atoms with E-state index in [4.69, 9.17) is 9.47 Å². The normalized spacial score (nSPS) is 20.2. The van der Waals surface area contributed by atoms with E-state index in [1.165, 1.54) is 4.90 Å². The molecule has 3 heterocycles. The molecule has 2 aromatic rings. The third-order valence-electron chi connectivity index (χ3n) is 6.85. The minimum atomic E-state index is -0.744. The molecule has 0 saturated carbocycles. The largest absolute Gasteiger partial charge is 0.507 e. The minimum absolute atomic E-state index is 0.0199. The first-order valence-corrected chi connectivity index (χ1v) is 12.3. The number of esters is 1. The molecule has 2 fully saturated rings. The Morgan fingerprint density at radius 3 is 2.42 bits per heavy atom. The average molecular weight is 496 g/mol. The first-order valence-electron chi connectivity index (χ1n) is 12.3. The summed E-state index contributed by atoms with van der Waals surface area (Å²) in [6.07, 6.45) is 0. The Kier molecular flexibility index (Phi) is 7.61. The third kappa shape index (κ3) is 4.81. The summed E-state index contributed by atoms with van der Waals surface area (Å²) in [7, 11) is 0. The molecule has 36 heavy (non-hydrogen) atoms. The molecule has 2 aliphatic rings. The summed E-state index contributed by atoms with van der Waals surface area (Å²) in [5.41, 5.74) is 3.32. The highest BCUT2D eigenvalue weighted by molar-refractivity contribution is 6.46. The molecular formula is C27H33N3O6. The summed E-state index contributed by atoms with van der Waals surface area (Å²) in [4.78, 5) is 45.7. The highest BCUT2D eigenvalue weighted by Crippen LogP contribution is 2.40. The van der Waals surface area contributed by atoms with Crippen LogP contribution in [0.15, 0.2) is 29.8 Å². The van der Waals surface area contributed by atoms with Crippen molar-refractivity contribution >= 4 is 23.4 Å². The van der Waals surface area contributed by atoms with Crippen LogP contribution in [0.5, 0.6) is 0 Å². The smallest absolute Gasteiger partial charge is 0.355 e. The number of likely N-dealkylation sites (tertiary alicyclic amines) is 1. The van der Waals surface area contributed by atoms with Gasteiger partial charge in [-0.25, -0.2) is 4.79 Å². The van der Waals surface area contributed by atoms with E-state index < -0.39 is 23.7 Å². The van der Waals surface area contributed by atoms with E-state index in [1.807, 2.05) is 31.2 Å². The summed E-state index contributed by atoms with van der Waals surface area (Å²) in [5, 5.41) is 11.5. The molecule has 1 atom stereocenters. The number of carbonyl (C=O) groups is 3. The number of aromatic amines is 1. The van der Waals surface area contributed by atoms with Gasteiger partial charge in [-0.15, -0.1) is 0 Å². The van der Waals surface area contributed by atoms with Gasteiger partial charge in [-0.1, -0.05) is 29.8 Å². The number of rotatable bonds is 7. The molecule has 4 rings (SSSR count). The predicted octanol–water partition coefficient (Wildman–Crippen LogP) is 2.87. The number of ketones is 1. The Hall–Kier alpha value is -3.43. The Morgan fingerprint density at radius 2 is 1.78 bits per heavy atom. The van der Waals surface area contributed by atoms with Gasteiger partial charge < -0.3 is 24.5 Å². The fourth-order valence-corrected chi connectivity index (χ4v) is 4.93. The SMILES string of the molecule is CCOC(=O)c1[nH]c(C)c(C(O)=C2C(=O)C(=O)N(CCN3CCOCC3)C2c2ccc(C)cc2)c1C. The maximum atomic E-state index is 13.4. The van der Waals surface area contributed by atoms with Crippen molar-refractivity contribution in [3.8, 4) is 0 Å². The van der Waals surface area contributed by atoms with Crippen LogP contribution in [-0.4, -0.2) is 83.5 Å². The van der Waals surface area contributed by atoms with Crippen molar-refractivity contribution in [2.45, 2.75) is 33.7 Å². The number of aliphatic hydroxyl groups is 1. The second-order valence-corrected chi connectivity index (χ2v) is 9.20. The summed E-state index contributed by atoms with van der Waals surface area (Å²) >= 11 is 0. The van der Waals surface area contributed by atoms with E-state index in [1.54, 1.807) is 20.8 Å². The van der Waals surface area contributed by atoms with Crippen LogP contribution in [0.2, 0.25) is 0 Å². The van der Waals surface area contributed by atoms with E-state index in [-0.39, 0.29) is 23.6 Å². The zero-order valence-electron chi connectivity index (χ0n) is 21.2. The Labute approximate surface area is 210 Å². The van der Waals surface area contributed by atoms with Crippen molar-refractivity contribution in [2.24, 2.45) is 0 Å². The molecule has 9 heteroatoms. The lowest BCUT2D eigenvalue weighted by atomic mass is 9.93. The van der Waals surface area contributed by atoms with E-state index >= 15 is 0 Å². The lowest BCUT2D eigenvalue weighted by molar-refractivity contribution is -0.140. The molecule has 1 aromatic heterocycles. The van der Waals surface area contributed by atoms with Crippen LogP contribution in [0, 0.1) is 20.8 Å². The van der Waals surface area contributed by atoms with Crippen LogP contribution in [0.3, 0.4) is 0 Å². The molecule has 1 aromatic carbocycles. The molecule has 9 nitrogen and oxygen atoms in total. The van der Waals surface area contributed by atoms with Crippen LogP contribution in [0.4, 0.5) is 0 Å². The molecule has 2 N–H and O–H groups in total. The monoisotopic (exact) mass is 495 g/mol. The first-order chi connectivity index (χ1) is 17.2. The van der Waals surface area contributed by atoms with Crippen LogP contribution >= 0.6 is 0 Å². The second kappa shape index (κ2) is 10.7. The number of aliphatic hydroxyl groups excluding tert-OH is 1. The van der Waals surface area contributed by atoms with E-state index in [9.17, 15) is 19.5 Å². The lowest BCUT2D eigenvalue weighted by Crippen LogP contribution is -2.42. The van der Waals surface area contributed by atoms with Crippen molar-refractivity contribution in [1.82, 2.24) is 14.8 Å². The number of morpholine rings is 1. The summed E-state index contributed by atoms with van der Waals surface area (Å²) < 4.78 is 10.5. The molecule has 1 amide bonds. The number of ether oxygens (including phenoxy) is 2. The molecular weight excluding hydrogens is 462 g/mol. The van der Waals surface area contributed by atoms with Crippen LogP contribution in [0.1, 0.15) is 51.4 Å². The zero-order valence-corrected chi connectivity index (χ0v) is 21.2. The van der Waals surface area contributed by atoms with Crippen LogP contribution in [-0.2, 0) is 19.1 Å². The Morgan fingerprint density at radius 1 is 1.11 bits per heavy atom. The number of hydrogen-bond donors (Lipinski definition) is 2. The van der Waals surface area contributed by atoms with Crippen molar-refractivity contribution < 1.29 is 29.0 Å². The van der Waals surface area contributed by atoms with Gasteiger partial charge in [0.2, 0.25) is 0 Å². The molecule has 0 bridgehead atoms. The van der Waals surface area contributed by atoms with Crippen molar-refractivity contribution in [1.29, 1.82) is 0 Å². The van der Waals surface area contributed by atoms with Gasteiger partial charge in [0.15, 0.2) is 0 Å². The van der Waals surface area contributed by atoms with Gasteiger partial charge in [-0.2, -0.15) is 0 Å². The number of carbonyl (C=O) groups excluding carboxylic acids is 3. The summed E-state index contributed by atoms with van der Waals surface area (Å²) in [6, 6.07) is 6.85. The van der Waals surface area contributed by atoms with Gasteiger partial charge in [-0.3, -0.25) is 14.5 Å². The maximum Gasteiger partial charge on any atom is 0.355 e.